The van der Waals surface area contributed by atoms with Gasteiger partial charge in [-0.3, -0.25) is 14.3 Å². The van der Waals surface area contributed by atoms with Crippen molar-refractivity contribution >= 4 is 58.2 Å². The van der Waals surface area contributed by atoms with Gasteiger partial charge in [-0.15, -0.1) is 11.3 Å². The van der Waals surface area contributed by atoms with Gasteiger partial charge in [0.1, 0.15) is 0 Å². The second-order valence-electron chi connectivity index (χ2n) is 9.34. The van der Waals surface area contributed by atoms with E-state index in [9.17, 15) is 9.59 Å². The van der Waals surface area contributed by atoms with E-state index in [4.69, 9.17) is 33.9 Å². The Labute approximate surface area is 245 Å². The number of amides is 2. The van der Waals surface area contributed by atoms with E-state index in [0.717, 1.165) is 64.9 Å². The molecule has 11 heteroatoms. The number of rotatable bonds is 8. The van der Waals surface area contributed by atoms with Crippen LogP contribution in [-0.4, -0.2) is 51.3 Å². The number of carbonyl (C=O) groups excluding carboxylic acids is 2. The van der Waals surface area contributed by atoms with Gasteiger partial charge in [0, 0.05) is 42.8 Å². The Kier molecular flexibility index (Phi) is 8.94. The van der Waals surface area contributed by atoms with Gasteiger partial charge in [-0.25, -0.2) is 9.78 Å². The first-order valence-corrected chi connectivity index (χ1v) is 15.1. The number of hydrogen-bond acceptors (Lipinski definition) is 6. The predicted molar refractivity (Wildman–Crippen MR) is 160 cm³/mol. The van der Waals surface area contributed by atoms with Crippen molar-refractivity contribution in [1.82, 2.24) is 19.8 Å². The third-order valence-corrected chi connectivity index (χ3v) is 9.35. The summed E-state index contributed by atoms with van der Waals surface area (Å²) in [5, 5.41) is 6.30. The minimum atomic E-state index is -0.528. The third kappa shape index (κ3) is 7.04. The summed E-state index contributed by atoms with van der Waals surface area (Å²) in [6.07, 6.45) is 3.47. The number of nitrogens with two attached hydrogens (primary N) is 1. The van der Waals surface area contributed by atoms with Crippen LogP contribution in [0.5, 0.6) is 0 Å². The first-order valence-electron chi connectivity index (χ1n) is 12.5. The number of hydrogen-bond donors (Lipinski definition) is 2. The van der Waals surface area contributed by atoms with Crippen LogP contribution in [0.4, 0.5) is 4.79 Å². The summed E-state index contributed by atoms with van der Waals surface area (Å²) in [5.41, 5.74) is 9.98. The summed E-state index contributed by atoms with van der Waals surface area (Å²) in [7, 11) is 0. The molecule has 0 atom stereocenters. The molecule has 0 aliphatic carbocycles. The summed E-state index contributed by atoms with van der Waals surface area (Å²) < 4.78 is 2.25. The molecular weight excluding hydrogens is 573 g/mol. The van der Waals surface area contributed by atoms with Gasteiger partial charge in [-0.1, -0.05) is 59.2 Å². The number of piperidine rings is 1. The Morgan fingerprint density at radius 3 is 2.62 bits per heavy atom. The second kappa shape index (κ2) is 12.6. The molecular formula is C28H27Cl2N5O2S2. The van der Waals surface area contributed by atoms with Crippen molar-refractivity contribution in [1.29, 1.82) is 0 Å². The van der Waals surface area contributed by atoms with Gasteiger partial charge in [-0.05, 0) is 54.3 Å². The fourth-order valence-electron chi connectivity index (χ4n) is 4.63. The van der Waals surface area contributed by atoms with Crippen LogP contribution in [0.15, 0.2) is 70.5 Å². The van der Waals surface area contributed by atoms with E-state index in [1.54, 1.807) is 12.3 Å². The van der Waals surface area contributed by atoms with Crippen LogP contribution in [0.25, 0.3) is 22.5 Å². The largest absolute Gasteiger partial charge is 0.353 e. The maximum atomic E-state index is 12.6. The van der Waals surface area contributed by atoms with Crippen molar-refractivity contribution in [3.05, 3.63) is 81.8 Å². The van der Waals surface area contributed by atoms with Gasteiger partial charge < -0.3 is 11.1 Å². The summed E-state index contributed by atoms with van der Waals surface area (Å²) >= 11 is 15.1. The van der Waals surface area contributed by atoms with Crippen LogP contribution in [-0.2, 0) is 11.3 Å². The molecule has 2 aromatic heterocycles. The van der Waals surface area contributed by atoms with E-state index >= 15 is 0 Å². The lowest BCUT2D eigenvalue weighted by Crippen LogP contribution is -2.44. The van der Waals surface area contributed by atoms with Gasteiger partial charge in [0.25, 0.3) is 0 Å². The number of benzene rings is 2. The van der Waals surface area contributed by atoms with Gasteiger partial charge in [0.15, 0.2) is 4.34 Å². The molecule has 1 aliphatic rings. The van der Waals surface area contributed by atoms with Crippen molar-refractivity contribution in [3.8, 4) is 22.5 Å². The molecule has 39 heavy (non-hydrogen) atoms. The maximum Gasteiger partial charge on any atom is 0.323 e. The zero-order valence-electron chi connectivity index (χ0n) is 21.0. The highest BCUT2D eigenvalue weighted by Gasteiger charge is 2.21. The van der Waals surface area contributed by atoms with Gasteiger partial charge in [0.05, 0.1) is 27.2 Å². The minimum Gasteiger partial charge on any atom is -0.353 e. The van der Waals surface area contributed by atoms with Gasteiger partial charge in [0.2, 0.25) is 5.91 Å². The molecule has 2 amide bonds. The lowest BCUT2D eigenvalue weighted by atomic mass is 10.0. The molecule has 7 nitrogen and oxygen atoms in total. The molecule has 1 fully saturated rings. The third-order valence-electron chi connectivity index (χ3n) is 6.59. The molecule has 0 spiro atoms. The Morgan fingerprint density at radius 1 is 1.05 bits per heavy atom. The molecule has 0 radical (unpaired) electrons. The van der Waals surface area contributed by atoms with E-state index in [-0.39, 0.29) is 11.9 Å². The topological polar surface area (TPSA) is 93.2 Å². The fourth-order valence-corrected chi connectivity index (χ4v) is 6.60. The smallest absolute Gasteiger partial charge is 0.323 e. The lowest BCUT2D eigenvalue weighted by molar-refractivity contribution is -0.119. The van der Waals surface area contributed by atoms with Crippen LogP contribution in [0.1, 0.15) is 18.4 Å². The average Bonchev–Trinajstić information content (AvgIpc) is 3.61. The molecule has 0 saturated carbocycles. The highest BCUT2D eigenvalue weighted by molar-refractivity contribution is 8.01. The zero-order valence-corrected chi connectivity index (χ0v) is 24.1. The first kappa shape index (κ1) is 27.7. The Balaban J connectivity index is 1.10. The quantitative estimate of drug-likeness (QED) is 0.229. The normalized spacial score (nSPS) is 14.4. The maximum absolute atomic E-state index is 12.6. The van der Waals surface area contributed by atoms with Crippen LogP contribution >= 0.6 is 46.3 Å². The van der Waals surface area contributed by atoms with Crippen molar-refractivity contribution in [3.63, 3.8) is 0 Å². The zero-order chi connectivity index (χ0) is 27.4. The lowest BCUT2D eigenvalue weighted by Gasteiger charge is -2.32. The van der Waals surface area contributed by atoms with E-state index in [0.29, 0.717) is 15.8 Å². The predicted octanol–water partition coefficient (Wildman–Crippen LogP) is 6.39. The Bertz CT molecular complexity index is 1480. The number of halogens is 2. The van der Waals surface area contributed by atoms with Gasteiger partial charge in [-0.2, -0.15) is 0 Å². The first-order chi connectivity index (χ1) is 18.9. The van der Waals surface area contributed by atoms with Crippen LogP contribution in [0.2, 0.25) is 10.0 Å². The Hall–Kier alpha value is -2.82. The molecule has 202 valence electrons. The number of carbonyl (C=O) groups is 2. The molecule has 0 unspecified atom stereocenters. The molecule has 2 aromatic carbocycles. The minimum absolute atomic E-state index is 0.0221. The fraction of sp³-hybridized carbons (Fsp3) is 0.250. The van der Waals surface area contributed by atoms with Crippen molar-refractivity contribution in [2.45, 2.75) is 29.8 Å². The standard InChI is InChI=1S/C28H27Cl2N5O2S2/c29-22-7-6-18(13-23(22)30)15-34-11-8-21(9-12-34)32-26(36)17-39-28-33-24(16-38-28)19-3-1-4-20(14-19)25-5-2-10-35(25)27(31)37/h1-7,10,13-14,16,21H,8-9,11-12,15,17H2,(H2,31,37)(H,32,36). The molecule has 5 rings (SSSR count). The molecule has 4 aromatic rings. The number of nitrogens with zero attached hydrogens (tertiary/aromatic N) is 3. The molecule has 1 saturated heterocycles. The monoisotopic (exact) mass is 599 g/mol. The van der Waals surface area contributed by atoms with Crippen LogP contribution in [0.3, 0.4) is 0 Å². The van der Waals surface area contributed by atoms with E-state index in [1.807, 2.05) is 53.9 Å². The highest BCUT2D eigenvalue weighted by Crippen LogP contribution is 2.31. The summed E-state index contributed by atoms with van der Waals surface area (Å²) in [6.45, 7) is 2.65. The number of likely N-dealkylation sites (tertiary alicyclic amines) is 1. The number of nitrogens with one attached hydrogen (secondary N) is 1. The number of thiazole rings is 1. The van der Waals surface area contributed by atoms with Crippen molar-refractivity contribution in [2.75, 3.05) is 18.8 Å². The van der Waals surface area contributed by atoms with Crippen molar-refractivity contribution < 1.29 is 9.59 Å². The molecule has 0 bridgehead atoms. The van der Waals surface area contributed by atoms with Gasteiger partial charge >= 0.3 is 6.03 Å². The Morgan fingerprint density at radius 2 is 1.85 bits per heavy atom. The van der Waals surface area contributed by atoms with Crippen LogP contribution < -0.4 is 11.1 Å². The SMILES string of the molecule is NC(=O)n1cccc1-c1cccc(-c2csc(SCC(=O)NC3CCN(Cc4ccc(Cl)c(Cl)c4)CC3)n2)c1. The van der Waals surface area contributed by atoms with E-state index in [2.05, 4.69) is 10.2 Å². The average molecular weight is 601 g/mol. The number of aromatic nitrogens is 2. The van der Waals surface area contributed by atoms with Crippen molar-refractivity contribution in [2.24, 2.45) is 5.73 Å². The number of thioether (sulfide) groups is 1. The summed E-state index contributed by atoms with van der Waals surface area (Å²) in [4.78, 5) is 31.4. The number of primary amides is 1. The van der Waals surface area contributed by atoms with E-state index < -0.39 is 6.03 Å². The summed E-state index contributed by atoms with van der Waals surface area (Å²) in [6, 6.07) is 16.9. The van der Waals surface area contributed by atoms with Crippen LogP contribution in [0, 0.1) is 0 Å². The molecule has 1 aliphatic heterocycles. The molecule has 3 N–H and O–H groups in total. The molecule has 3 heterocycles. The summed E-state index contributed by atoms with van der Waals surface area (Å²) in [5.74, 6) is 0.344. The highest BCUT2D eigenvalue weighted by atomic mass is 35.5. The second-order valence-corrected chi connectivity index (χ2v) is 12.2. The van der Waals surface area contributed by atoms with E-state index in [1.165, 1.54) is 27.7 Å².